The highest BCUT2D eigenvalue weighted by molar-refractivity contribution is 8.15. The van der Waals surface area contributed by atoms with Crippen LogP contribution in [0, 0.1) is 12.7 Å². The molecule has 4 aromatic rings. The second kappa shape index (κ2) is 12.6. The Morgan fingerprint density at radius 2 is 1.83 bits per heavy atom. The van der Waals surface area contributed by atoms with E-state index < -0.39 is 41.8 Å². The summed E-state index contributed by atoms with van der Waals surface area (Å²) in [5.74, 6) is -1.58. The van der Waals surface area contributed by atoms with Crippen LogP contribution in [-0.2, 0) is 15.7 Å². The second-order valence-electron chi connectivity index (χ2n) is 9.83. The van der Waals surface area contributed by atoms with Crippen molar-refractivity contribution in [3.05, 3.63) is 89.8 Å². The molecule has 5 rings (SSSR count). The van der Waals surface area contributed by atoms with Crippen LogP contribution in [0.4, 0.5) is 46.9 Å². The number of anilines is 2. The van der Waals surface area contributed by atoms with Crippen molar-refractivity contribution in [2.75, 3.05) is 23.1 Å². The van der Waals surface area contributed by atoms with E-state index in [1.807, 2.05) is 0 Å². The highest BCUT2D eigenvalue weighted by Gasteiger charge is 2.44. The maximum atomic E-state index is 15.0. The molecule has 1 aliphatic heterocycles. The number of ether oxygens (including phenoxy) is 1. The maximum absolute atomic E-state index is 15.0. The molecule has 9 nitrogen and oxygen atoms in total. The molecule has 0 radical (unpaired) electrons. The fourth-order valence-corrected chi connectivity index (χ4v) is 5.36. The summed E-state index contributed by atoms with van der Waals surface area (Å²) in [7, 11) is 0.882. The van der Waals surface area contributed by atoms with Gasteiger partial charge in [0, 0.05) is 30.6 Å². The summed E-state index contributed by atoms with van der Waals surface area (Å²) in [4.78, 5) is 38.2. The fourth-order valence-electron chi connectivity index (χ4n) is 4.50. The number of hydrogen-bond donors (Lipinski definition) is 1. The molecule has 1 aliphatic rings. The molecule has 2 aromatic carbocycles. The molecule has 17 heteroatoms. The summed E-state index contributed by atoms with van der Waals surface area (Å²) in [5, 5.41) is 2.03. The van der Waals surface area contributed by atoms with Gasteiger partial charge < -0.3 is 10.1 Å². The number of urea groups is 1. The lowest BCUT2D eigenvalue weighted by Crippen LogP contribution is -2.33. The number of methoxy groups -OCH3 is 1. The number of hydrogen-bond acceptors (Lipinski definition) is 6. The third-order valence-corrected chi connectivity index (χ3v) is 7.56. The van der Waals surface area contributed by atoms with Gasteiger partial charge in [0.05, 0.1) is 28.4 Å². The van der Waals surface area contributed by atoms with Crippen LogP contribution in [0.3, 0.4) is 0 Å². The highest BCUT2D eigenvalue weighted by Crippen LogP contribution is 2.42. The largest absolute Gasteiger partial charge is 0.418 e. The number of carbonyl (C=O) groups excluding carboxylic acids is 2. The summed E-state index contributed by atoms with van der Waals surface area (Å²) in [6, 6.07) is 8.55. The van der Waals surface area contributed by atoms with E-state index in [0.29, 0.717) is 11.8 Å². The number of aryl methyl sites for hydroxylation is 1. The van der Waals surface area contributed by atoms with E-state index in [1.54, 1.807) is 6.92 Å². The molecule has 3 heterocycles. The summed E-state index contributed by atoms with van der Waals surface area (Å²) >= 11 is 0.818. The van der Waals surface area contributed by atoms with Gasteiger partial charge in [-0.05, 0) is 42.8 Å². The van der Waals surface area contributed by atoms with Gasteiger partial charge in [-0.15, -0.1) is 0 Å². The first-order valence-corrected chi connectivity index (χ1v) is 14.1. The van der Waals surface area contributed by atoms with Crippen LogP contribution in [-0.4, -0.2) is 50.7 Å². The summed E-state index contributed by atoms with van der Waals surface area (Å²) in [6.07, 6.45) is -8.33. The number of benzene rings is 2. The van der Waals surface area contributed by atoms with E-state index in [2.05, 4.69) is 25.0 Å². The zero-order chi connectivity index (χ0) is 33.4. The standard InChI is InChI=1S/C29H21F7N6O3S/c1-15-3-6-18(25(45-2)29(34,35)36)22(9-15)42-24(43)13-46-27(42)40-26(44)39-20-7-4-16(10-19(20)30)21-12-41(14-38-21)23-8-5-17(11-37-23)28(31,32)33/h3-12,14,25H,13H2,1-2H3,(H,39,44). The van der Waals surface area contributed by atoms with E-state index >= 15 is 4.39 Å². The van der Waals surface area contributed by atoms with Crippen LogP contribution >= 0.6 is 11.8 Å². The van der Waals surface area contributed by atoms with Gasteiger partial charge >= 0.3 is 18.4 Å². The Balaban J connectivity index is 1.35. The molecule has 0 bridgehead atoms. The lowest BCUT2D eigenvalue weighted by Gasteiger charge is -2.26. The minimum atomic E-state index is -4.80. The van der Waals surface area contributed by atoms with Crippen molar-refractivity contribution in [3.63, 3.8) is 0 Å². The first-order chi connectivity index (χ1) is 21.7. The van der Waals surface area contributed by atoms with E-state index in [0.717, 1.165) is 42.0 Å². The Morgan fingerprint density at radius 3 is 2.46 bits per heavy atom. The van der Waals surface area contributed by atoms with Crippen molar-refractivity contribution in [3.8, 4) is 17.1 Å². The average molecular weight is 667 g/mol. The first kappa shape index (κ1) is 32.6. The van der Waals surface area contributed by atoms with Gasteiger partial charge in [-0.3, -0.25) is 14.3 Å². The Morgan fingerprint density at radius 1 is 1.07 bits per heavy atom. The van der Waals surface area contributed by atoms with E-state index in [9.17, 15) is 35.9 Å². The Labute approximate surface area is 260 Å². The van der Waals surface area contributed by atoms with Gasteiger partial charge in [0.25, 0.3) is 0 Å². The molecule has 0 aliphatic carbocycles. The number of aromatic nitrogens is 3. The number of alkyl halides is 6. The molecule has 3 amide bonds. The van der Waals surface area contributed by atoms with Crippen LogP contribution < -0.4 is 10.2 Å². The third kappa shape index (κ3) is 6.89. The van der Waals surface area contributed by atoms with Crippen molar-refractivity contribution in [2.24, 2.45) is 4.99 Å². The lowest BCUT2D eigenvalue weighted by atomic mass is 10.0. The van der Waals surface area contributed by atoms with Crippen molar-refractivity contribution in [1.82, 2.24) is 14.5 Å². The predicted molar refractivity (Wildman–Crippen MR) is 155 cm³/mol. The third-order valence-electron chi connectivity index (χ3n) is 6.63. The van der Waals surface area contributed by atoms with Crippen LogP contribution in [0.5, 0.6) is 0 Å². The lowest BCUT2D eigenvalue weighted by molar-refractivity contribution is -0.215. The molecule has 0 saturated carbocycles. The number of carbonyl (C=O) groups is 2. The highest BCUT2D eigenvalue weighted by atomic mass is 32.2. The number of rotatable bonds is 6. The molecule has 1 unspecified atom stereocenters. The minimum Gasteiger partial charge on any atom is -0.367 e. The minimum absolute atomic E-state index is 0.140. The Bertz CT molecular complexity index is 1820. The molecular formula is C29H21F7N6O3S. The number of halogens is 7. The zero-order valence-corrected chi connectivity index (χ0v) is 24.5. The molecule has 2 aromatic heterocycles. The van der Waals surface area contributed by atoms with Gasteiger partial charge in [0.2, 0.25) is 5.91 Å². The predicted octanol–water partition coefficient (Wildman–Crippen LogP) is 7.32. The van der Waals surface area contributed by atoms with Crippen LogP contribution in [0.2, 0.25) is 0 Å². The zero-order valence-electron chi connectivity index (χ0n) is 23.7. The Kier molecular flexibility index (Phi) is 8.90. The quantitative estimate of drug-likeness (QED) is 0.217. The van der Waals surface area contributed by atoms with Gasteiger partial charge in [0.1, 0.15) is 18.0 Å². The van der Waals surface area contributed by atoms with Crippen LogP contribution in [0.1, 0.15) is 22.8 Å². The topological polar surface area (TPSA) is 102 Å². The number of pyridine rings is 1. The maximum Gasteiger partial charge on any atom is 0.418 e. The molecular weight excluding hydrogens is 645 g/mol. The molecule has 1 atom stereocenters. The number of amides is 3. The van der Waals surface area contributed by atoms with Crippen molar-refractivity contribution in [2.45, 2.75) is 25.4 Å². The molecule has 1 fully saturated rings. The van der Waals surface area contributed by atoms with E-state index in [-0.39, 0.29) is 44.9 Å². The number of thioether (sulfide) groups is 1. The number of aliphatic imine (C=N–C) groups is 1. The van der Waals surface area contributed by atoms with Gasteiger partial charge in [-0.25, -0.2) is 19.2 Å². The summed E-state index contributed by atoms with van der Waals surface area (Å²) in [6.45, 7) is 1.61. The van der Waals surface area contributed by atoms with Crippen molar-refractivity contribution < 1.29 is 45.1 Å². The Hall–Kier alpha value is -4.77. The first-order valence-electron chi connectivity index (χ1n) is 13.1. The number of imidazole rings is 1. The molecule has 240 valence electrons. The molecule has 1 saturated heterocycles. The van der Waals surface area contributed by atoms with E-state index in [4.69, 9.17) is 0 Å². The van der Waals surface area contributed by atoms with Gasteiger partial charge in [-0.2, -0.15) is 31.3 Å². The monoisotopic (exact) mass is 666 g/mol. The van der Waals surface area contributed by atoms with E-state index in [1.165, 1.54) is 47.4 Å². The number of amidine groups is 1. The van der Waals surface area contributed by atoms with Gasteiger partial charge in [-0.1, -0.05) is 30.0 Å². The van der Waals surface area contributed by atoms with Crippen LogP contribution in [0.25, 0.3) is 17.1 Å². The van der Waals surface area contributed by atoms with Gasteiger partial charge in [0.15, 0.2) is 11.3 Å². The summed E-state index contributed by atoms with van der Waals surface area (Å²) < 4.78 is 101. The fraction of sp³-hybridized carbons (Fsp3) is 0.207. The number of nitrogens with one attached hydrogen (secondary N) is 1. The smallest absolute Gasteiger partial charge is 0.367 e. The van der Waals surface area contributed by atoms with Crippen molar-refractivity contribution >= 4 is 40.2 Å². The molecule has 0 spiro atoms. The average Bonchev–Trinajstić information content (AvgIpc) is 3.61. The second-order valence-corrected chi connectivity index (χ2v) is 10.8. The molecule has 46 heavy (non-hydrogen) atoms. The number of nitrogens with zero attached hydrogens (tertiary/aromatic N) is 5. The summed E-state index contributed by atoms with van der Waals surface area (Å²) in [5.41, 5.74) is -0.692. The van der Waals surface area contributed by atoms with Crippen LogP contribution in [0.15, 0.2) is 72.2 Å². The normalized spacial score (nSPS) is 15.5. The van der Waals surface area contributed by atoms with Crippen molar-refractivity contribution in [1.29, 1.82) is 0 Å². The molecule has 1 N–H and O–H groups in total. The SMILES string of the molecule is COC(c1ccc(C)cc1N1C(=O)CSC1=NC(=O)Nc1ccc(-c2cn(-c3ccc(C(F)(F)F)cn3)cn2)cc1F)C(F)(F)F.